The summed E-state index contributed by atoms with van der Waals surface area (Å²) >= 11 is 0. The molecule has 2 aromatic rings. The highest BCUT2D eigenvalue weighted by atomic mass is 35.7. The molecular formula is C20H24ClNO4. The van der Waals surface area contributed by atoms with Gasteiger partial charge in [0.05, 0.1) is 0 Å². The third-order valence-electron chi connectivity index (χ3n) is 5.05. The third kappa shape index (κ3) is 4.50. The monoisotopic (exact) mass is 377 g/mol. The van der Waals surface area contributed by atoms with Crippen molar-refractivity contribution >= 4 is 5.71 Å². The van der Waals surface area contributed by atoms with Gasteiger partial charge >= 0.3 is 0 Å². The summed E-state index contributed by atoms with van der Waals surface area (Å²) in [5.74, 6) is 0. The Balaban J connectivity index is 0.000000431. The first kappa shape index (κ1) is 20.6. The highest BCUT2D eigenvalue weighted by molar-refractivity contribution is 5.95. The zero-order valence-corrected chi connectivity index (χ0v) is 16.0. The van der Waals surface area contributed by atoms with Gasteiger partial charge in [-0.15, -0.1) is 10.2 Å². The van der Waals surface area contributed by atoms with E-state index >= 15 is 0 Å². The highest BCUT2D eigenvalue weighted by Gasteiger charge is 2.51. The Hall–Kier alpha value is -1.76. The molecule has 2 aromatic carbocycles. The van der Waals surface area contributed by atoms with Crippen LogP contribution in [0.2, 0.25) is 0 Å². The van der Waals surface area contributed by atoms with Gasteiger partial charge in [-0.2, -0.15) is 0 Å². The zero-order chi connectivity index (χ0) is 19.4. The van der Waals surface area contributed by atoms with E-state index < -0.39 is 10.2 Å². The van der Waals surface area contributed by atoms with Crippen molar-refractivity contribution < 1.29 is 33.5 Å². The van der Waals surface area contributed by atoms with Crippen LogP contribution in [0.5, 0.6) is 0 Å². The zero-order valence-electron chi connectivity index (χ0n) is 15.2. The molecule has 1 aliphatic rings. The summed E-state index contributed by atoms with van der Waals surface area (Å²) in [4.78, 5) is 0. The molecule has 0 aliphatic carbocycles. The fraction of sp³-hybridized carbons (Fsp3) is 0.350. The molecule has 1 heterocycles. The fourth-order valence-corrected chi connectivity index (χ4v) is 4.00. The molecule has 1 aliphatic heterocycles. The lowest BCUT2D eigenvalue weighted by Crippen LogP contribution is -2.68. The maximum atomic E-state index is 8.49. The van der Waals surface area contributed by atoms with E-state index in [0.29, 0.717) is 6.04 Å². The van der Waals surface area contributed by atoms with Crippen LogP contribution >= 0.6 is 0 Å². The molecule has 0 unspecified atom stereocenters. The van der Waals surface area contributed by atoms with Crippen LogP contribution in [0.4, 0.5) is 0 Å². The van der Waals surface area contributed by atoms with Gasteiger partial charge in [-0.25, -0.2) is 23.2 Å². The van der Waals surface area contributed by atoms with E-state index in [-0.39, 0.29) is 5.41 Å². The van der Waals surface area contributed by atoms with E-state index in [4.69, 9.17) is 18.6 Å². The number of rotatable bonds is 3. The molecule has 0 fully saturated rings. The molecule has 140 valence electrons. The number of halogens is 1. The van der Waals surface area contributed by atoms with Crippen LogP contribution in [0.1, 0.15) is 37.8 Å². The Morgan fingerprint density at radius 2 is 1.31 bits per heavy atom. The molecule has 3 rings (SSSR count). The second kappa shape index (κ2) is 8.29. The molecule has 26 heavy (non-hydrogen) atoms. The maximum Gasteiger partial charge on any atom is 0.167 e. The van der Waals surface area contributed by atoms with Crippen molar-refractivity contribution in [2.75, 3.05) is 7.05 Å². The topological polar surface area (TPSA) is 95.2 Å². The first-order valence-corrected chi connectivity index (χ1v) is 9.75. The summed E-state index contributed by atoms with van der Waals surface area (Å²) < 4.78 is 36.5. The highest BCUT2D eigenvalue weighted by Crippen LogP contribution is 2.43. The largest absolute Gasteiger partial charge is 0.236 e. The minimum absolute atomic E-state index is 0.0332. The van der Waals surface area contributed by atoms with Crippen LogP contribution in [-0.4, -0.2) is 23.4 Å². The van der Waals surface area contributed by atoms with Gasteiger partial charge in [0, 0.05) is 12.8 Å². The van der Waals surface area contributed by atoms with Crippen LogP contribution in [0.25, 0.3) is 0 Å². The van der Waals surface area contributed by atoms with Gasteiger partial charge in [0.15, 0.2) is 11.8 Å². The lowest BCUT2D eigenvalue weighted by Gasteiger charge is -2.29. The Bertz CT molecular complexity index is 696. The van der Waals surface area contributed by atoms with E-state index in [2.05, 4.69) is 86.1 Å². The fourth-order valence-electron chi connectivity index (χ4n) is 4.00. The predicted molar refractivity (Wildman–Crippen MR) is 89.2 cm³/mol. The van der Waals surface area contributed by atoms with Crippen molar-refractivity contribution in [1.29, 1.82) is 0 Å². The molecule has 0 bridgehead atoms. The van der Waals surface area contributed by atoms with E-state index in [1.54, 1.807) is 0 Å². The van der Waals surface area contributed by atoms with E-state index in [1.165, 1.54) is 16.8 Å². The van der Waals surface area contributed by atoms with Crippen molar-refractivity contribution in [3.63, 3.8) is 0 Å². The summed E-state index contributed by atoms with van der Waals surface area (Å²) in [7, 11) is -2.70. The van der Waals surface area contributed by atoms with Crippen LogP contribution in [0.3, 0.4) is 0 Å². The van der Waals surface area contributed by atoms with Crippen molar-refractivity contribution in [2.24, 2.45) is 0 Å². The van der Waals surface area contributed by atoms with Crippen molar-refractivity contribution in [1.82, 2.24) is 0 Å². The molecular weight excluding hydrogens is 354 g/mol. The van der Waals surface area contributed by atoms with Crippen molar-refractivity contribution in [2.45, 2.75) is 38.1 Å². The van der Waals surface area contributed by atoms with Gasteiger partial charge in [-0.3, -0.25) is 0 Å². The maximum absolute atomic E-state index is 8.49. The summed E-state index contributed by atoms with van der Waals surface area (Å²) in [6.45, 7) is 4.62. The predicted octanol–water partition coefficient (Wildman–Crippen LogP) is -0.498. The van der Waals surface area contributed by atoms with Gasteiger partial charge in [0.25, 0.3) is 0 Å². The van der Waals surface area contributed by atoms with Crippen LogP contribution in [0, 0.1) is 10.2 Å². The van der Waals surface area contributed by atoms with Gasteiger partial charge in [0.2, 0.25) is 0 Å². The van der Waals surface area contributed by atoms with Gasteiger partial charge in [0.1, 0.15) is 12.5 Å². The first-order chi connectivity index (χ1) is 12.2. The van der Waals surface area contributed by atoms with Gasteiger partial charge in [-0.05, 0) is 18.1 Å². The molecule has 1 atom stereocenters. The number of hydrogen-bond acceptors (Lipinski definition) is 4. The second-order valence-electron chi connectivity index (χ2n) is 6.48. The summed E-state index contributed by atoms with van der Waals surface area (Å²) in [5, 5.41) is 0. The average Bonchev–Trinajstić information content (AvgIpc) is 2.87. The second-order valence-corrected chi connectivity index (χ2v) is 7.24. The Morgan fingerprint density at radius 1 is 0.923 bits per heavy atom. The number of benzene rings is 2. The molecule has 0 N–H and O–H groups in total. The van der Waals surface area contributed by atoms with Crippen molar-refractivity contribution in [3.05, 3.63) is 71.8 Å². The van der Waals surface area contributed by atoms with E-state index in [0.717, 1.165) is 12.8 Å². The van der Waals surface area contributed by atoms with E-state index in [9.17, 15) is 0 Å². The summed E-state index contributed by atoms with van der Waals surface area (Å²) in [6.07, 6.45) is 2.24. The molecule has 0 radical (unpaired) electrons. The number of nitrogens with zero attached hydrogens (tertiary/aromatic N) is 1. The van der Waals surface area contributed by atoms with Crippen LogP contribution in [-0.2, 0) is 5.41 Å². The first-order valence-electron chi connectivity index (χ1n) is 8.52. The normalized spacial score (nSPS) is 19.1. The molecule has 0 saturated heterocycles. The van der Waals surface area contributed by atoms with Crippen LogP contribution in [0.15, 0.2) is 60.7 Å². The Kier molecular flexibility index (Phi) is 6.55. The summed E-state index contributed by atoms with van der Waals surface area (Å²) in [5.41, 5.74) is 4.41. The SMILES string of the molecule is CCC1=[N+](C)[C@@H](C)CC1(c1ccccc1)c1ccccc1.[O-][Cl+3]([O-])([O-])[O-]. The Morgan fingerprint density at radius 3 is 1.65 bits per heavy atom. The van der Waals surface area contributed by atoms with Gasteiger partial charge < -0.3 is 0 Å². The molecule has 6 heteroatoms. The Labute approximate surface area is 156 Å². The summed E-state index contributed by atoms with van der Waals surface area (Å²) in [6, 6.07) is 22.6. The molecule has 0 saturated carbocycles. The van der Waals surface area contributed by atoms with Gasteiger partial charge in [-0.1, -0.05) is 67.6 Å². The van der Waals surface area contributed by atoms with Crippen LogP contribution < -0.4 is 18.6 Å². The lowest BCUT2D eigenvalue weighted by molar-refractivity contribution is -2.00. The smallest absolute Gasteiger partial charge is 0.167 e. The molecule has 0 amide bonds. The van der Waals surface area contributed by atoms with E-state index in [1.807, 2.05) is 0 Å². The molecule has 0 spiro atoms. The van der Waals surface area contributed by atoms with Crippen molar-refractivity contribution in [3.8, 4) is 0 Å². The minimum atomic E-state index is -4.94. The molecule has 5 nitrogen and oxygen atoms in total. The lowest BCUT2D eigenvalue weighted by atomic mass is 9.68. The standard InChI is InChI=1S/C20H24N.ClHO4/c1-4-19-20(15-16(2)21(19)3,17-11-7-5-8-12-17)18-13-9-6-10-14-18;2-1(3,4)5/h5-14,16H,4,15H2,1-3H3;(H,2,3,4,5)/q+1;/p-1/t16-;/m0./s1. The molecule has 0 aromatic heterocycles. The third-order valence-corrected chi connectivity index (χ3v) is 5.05. The average molecular weight is 378 g/mol. The quantitative estimate of drug-likeness (QED) is 0.674. The number of hydrogen-bond donors (Lipinski definition) is 0. The minimum Gasteiger partial charge on any atom is -0.236 e.